The number of likely N-dealkylation sites (tertiary alicyclic amines) is 1. The van der Waals surface area contributed by atoms with E-state index in [9.17, 15) is 4.79 Å². The van der Waals surface area contributed by atoms with Gasteiger partial charge in [-0.15, -0.1) is 24.0 Å². The van der Waals surface area contributed by atoms with E-state index in [2.05, 4.69) is 36.3 Å². The standard InChI is InChI=1S/C21H42N4O.HI/c1-5-7-8-9-10-11-18(3)17-24-21(23-6-2)25-14-12-19(13-15-25)16-20(26)22-4;/h18-19H,5-17H2,1-4H3,(H,22,26)(H,23,24);1H. The summed E-state index contributed by atoms with van der Waals surface area (Å²) < 4.78 is 0. The summed E-state index contributed by atoms with van der Waals surface area (Å²) in [6.45, 7) is 10.5. The van der Waals surface area contributed by atoms with E-state index in [1.165, 1.54) is 38.5 Å². The first-order chi connectivity index (χ1) is 12.6. The fraction of sp³-hybridized carbons (Fsp3) is 0.905. The van der Waals surface area contributed by atoms with E-state index in [-0.39, 0.29) is 29.9 Å². The van der Waals surface area contributed by atoms with Crippen molar-refractivity contribution >= 4 is 35.8 Å². The maximum Gasteiger partial charge on any atom is 0.220 e. The topological polar surface area (TPSA) is 56.7 Å². The zero-order valence-electron chi connectivity index (χ0n) is 18.1. The Balaban J connectivity index is 0.00000676. The molecule has 1 fully saturated rings. The Morgan fingerprint density at radius 3 is 2.41 bits per heavy atom. The molecule has 1 aliphatic rings. The number of aliphatic imine (C=N–C) groups is 1. The minimum Gasteiger partial charge on any atom is -0.359 e. The Hall–Kier alpha value is -0.530. The summed E-state index contributed by atoms with van der Waals surface area (Å²) in [5, 5.41) is 6.19. The Bertz CT molecular complexity index is 409. The summed E-state index contributed by atoms with van der Waals surface area (Å²) in [4.78, 5) is 18.8. The van der Waals surface area contributed by atoms with Gasteiger partial charge >= 0.3 is 0 Å². The fourth-order valence-electron chi connectivity index (χ4n) is 3.57. The highest BCUT2D eigenvalue weighted by atomic mass is 127. The molecule has 0 radical (unpaired) electrons. The number of guanidine groups is 1. The number of hydrogen-bond acceptors (Lipinski definition) is 2. The van der Waals surface area contributed by atoms with Crippen LogP contribution in [0.15, 0.2) is 4.99 Å². The van der Waals surface area contributed by atoms with Gasteiger partial charge in [-0.1, -0.05) is 46.0 Å². The van der Waals surface area contributed by atoms with Crippen LogP contribution < -0.4 is 10.6 Å². The van der Waals surface area contributed by atoms with Crippen LogP contribution >= 0.6 is 24.0 Å². The van der Waals surface area contributed by atoms with E-state index in [1.54, 1.807) is 7.05 Å². The highest BCUT2D eigenvalue weighted by molar-refractivity contribution is 14.0. The van der Waals surface area contributed by atoms with Crippen LogP contribution in [-0.2, 0) is 4.79 Å². The Labute approximate surface area is 184 Å². The molecule has 0 aromatic carbocycles. The van der Waals surface area contributed by atoms with Gasteiger partial charge in [-0.2, -0.15) is 0 Å². The number of carbonyl (C=O) groups is 1. The summed E-state index contributed by atoms with van der Waals surface area (Å²) in [6, 6.07) is 0. The molecular weight excluding hydrogens is 451 g/mol. The molecule has 0 spiro atoms. The van der Waals surface area contributed by atoms with Crippen LogP contribution in [0.3, 0.4) is 0 Å². The predicted octanol–water partition coefficient (Wildman–Crippen LogP) is 4.41. The lowest BCUT2D eigenvalue weighted by molar-refractivity contribution is -0.121. The Kier molecular flexibility index (Phi) is 16.1. The van der Waals surface area contributed by atoms with Gasteiger partial charge in [-0.3, -0.25) is 9.79 Å². The van der Waals surface area contributed by atoms with Crippen LogP contribution in [0.25, 0.3) is 0 Å². The molecule has 0 bridgehead atoms. The molecule has 27 heavy (non-hydrogen) atoms. The third-order valence-corrected chi connectivity index (χ3v) is 5.36. The molecule has 6 heteroatoms. The van der Waals surface area contributed by atoms with E-state index in [0.29, 0.717) is 18.3 Å². The first-order valence-corrected chi connectivity index (χ1v) is 10.8. The molecule has 2 N–H and O–H groups in total. The predicted molar refractivity (Wildman–Crippen MR) is 127 cm³/mol. The van der Waals surface area contributed by atoms with Crippen molar-refractivity contribution in [2.45, 2.75) is 78.6 Å². The molecule has 1 amide bonds. The van der Waals surface area contributed by atoms with Gasteiger partial charge in [-0.05, 0) is 38.0 Å². The molecule has 0 aromatic rings. The number of carbonyl (C=O) groups excluding carboxylic acids is 1. The summed E-state index contributed by atoms with van der Waals surface area (Å²) >= 11 is 0. The number of unbranched alkanes of at least 4 members (excludes halogenated alkanes) is 4. The first kappa shape index (κ1) is 26.5. The summed E-state index contributed by atoms with van der Waals surface area (Å²) in [6.07, 6.45) is 10.8. The second-order valence-corrected chi connectivity index (χ2v) is 7.81. The molecule has 1 saturated heterocycles. The van der Waals surface area contributed by atoms with Crippen LogP contribution in [0.4, 0.5) is 0 Å². The minimum absolute atomic E-state index is 0. The maximum atomic E-state index is 11.6. The summed E-state index contributed by atoms with van der Waals surface area (Å²) in [5.41, 5.74) is 0. The molecule has 1 atom stereocenters. The van der Waals surface area contributed by atoms with Crippen LogP contribution in [0.1, 0.15) is 78.6 Å². The number of hydrogen-bond donors (Lipinski definition) is 2. The van der Waals surface area contributed by atoms with Crippen LogP contribution in [0, 0.1) is 11.8 Å². The average Bonchev–Trinajstić information content (AvgIpc) is 2.65. The Morgan fingerprint density at radius 2 is 1.81 bits per heavy atom. The number of nitrogens with zero attached hydrogens (tertiary/aromatic N) is 2. The molecule has 0 aliphatic carbocycles. The fourth-order valence-corrected chi connectivity index (χ4v) is 3.57. The van der Waals surface area contributed by atoms with Gasteiger partial charge in [0, 0.05) is 39.6 Å². The van der Waals surface area contributed by atoms with Crippen molar-refractivity contribution < 1.29 is 4.79 Å². The van der Waals surface area contributed by atoms with Crippen molar-refractivity contribution in [3.05, 3.63) is 0 Å². The van der Waals surface area contributed by atoms with Crippen molar-refractivity contribution in [3.63, 3.8) is 0 Å². The van der Waals surface area contributed by atoms with Crippen molar-refractivity contribution in [2.24, 2.45) is 16.8 Å². The van der Waals surface area contributed by atoms with E-state index in [1.807, 2.05) is 0 Å². The molecule has 1 aliphatic heterocycles. The number of amides is 1. The molecule has 0 saturated carbocycles. The number of halogens is 1. The second-order valence-electron chi connectivity index (χ2n) is 7.81. The van der Waals surface area contributed by atoms with Gasteiger partial charge in [0.05, 0.1) is 0 Å². The van der Waals surface area contributed by atoms with Crippen LogP contribution in [-0.4, -0.2) is 50.0 Å². The van der Waals surface area contributed by atoms with Crippen LogP contribution in [0.5, 0.6) is 0 Å². The smallest absolute Gasteiger partial charge is 0.220 e. The van der Waals surface area contributed by atoms with Gasteiger partial charge in [0.15, 0.2) is 5.96 Å². The molecule has 160 valence electrons. The van der Waals surface area contributed by atoms with Crippen molar-refractivity contribution in [3.8, 4) is 0 Å². The van der Waals surface area contributed by atoms with E-state index < -0.39 is 0 Å². The summed E-state index contributed by atoms with van der Waals surface area (Å²) in [5.74, 6) is 2.38. The number of nitrogens with one attached hydrogen (secondary N) is 2. The Morgan fingerprint density at radius 1 is 1.15 bits per heavy atom. The largest absolute Gasteiger partial charge is 0.359 e. The van der Waals surface area contributed by atoms with E-state index in [4.69, 9.17) is 4.99 Å². The highest BCUT2D eigenvalue weighted by Gasteiger charge is 2.23. The first-order valence-electron chi connectivity index (χ1n) is 10.8. The van der Waals surface area contributed by atoms with Crippen molar-refractivity contribution in [1.82, 2.24) is 15.5 Å². The second kappa shape index (κ2) is 16.4. The summed E-state index contributed by atoms with van der Waals surface area (Å²) in [7, 11) is 1.72. The zero-order valence-corrected chi connectivity index (χ0v) is 20.4. The number of rotatable bonds is 11. The van der Waals surface area contributed by atoms with Gasteiger partial charge in [0.2, 0.25) is 5.91 Å². The van der Waals surface area contributed by atoms with Crippen molar-refractivity contribution in [2.75, 3.05) is 33.2 Å². The number of piperidine rings is 1. The molecule has 5 nitrogen and oxygen atoms in total. The highest BCUT2D eigenvalue weighted by Crippen LogP contribution is 2.20. The average molecular weight is 495 g/mol. The quantitative estimate of drug-likeness (QED) is 0.194. The van der Waals surface area contributed by atoms with E-state index in [0.717, 1.165) is 45.0 Å². The normalized spacial score (nSPS) is 16.6. The zero-order chi connectivity index (χ0) is 19.2. The molecule has 1 heterocycles. The van der Waals surface area contributed by atoms with Gasteiger partial charge in [0.1, 0.15) is 0 Å². The van der Waals surface area contributed by atoms with E-state index >= 15 is 0 Å². The van der Waals surface area contributed by atoms with Gasteiger partial charge < -0.3 is 15.5 Å². The van der Waals surface area contributed by atoms with Crippen LogP contribution in [0.2, 0.25) is 0 Å². The molecular formula is C21H43IN4O. The van der Waals surface area contributed by atoms with Crippen molar-refractivity contribution in [1.29, 1.82) is 0 Å². The SMILES string of the molecule is CCCCCCCC(C)CN=C(NCC)N1CCC(CC(=O)NC)CC1.I. The minimum atomic E-state index is 0. The maximum absolute atomic E-state index is 11.6. The third-order valence-electron chi connectivity index (χ3n) is 5.36. The molecule has 1 unspecified atom stereocenters. The molecule has 1 rings (SSSR count). The lowest BCUT2D eigenvalue weighted by atomic mass is 9.93. The lowest BCUT2D eigenvalue weighted by Gasteiger charge is -2.34. The van der Waals surface area contributed by atoms with Gasteiger partial charge in [0.25, 0.3) is 0 Å². The molecule has 0 aromatic heterocycles. The van der Waals surface area contributed by atoms with Gasteiger partial charge in [-0.25, -0.2) is 0 Å². The monoisotopic (exact) mass is 494 g/mol. The lowest BCUT2D eigenvalue weighted by Crippen LogP contribution is -2.46. The third kappa shape index (κ3) is 11.8.